The summed E-state index contributed by atoms with van der Waals surface area (Å²) in [5, 5.41) is 1.21. The number of rotatable bonds is 2. The summed E-state index contributed by atoms with van der Waals surface area (Å²) in [6, 6.07) is 11.7. The van der Waals surface area contributed by atoms with Gasteiger partial charge in [0.1, 0.15) is 5.82 Å². The zero-order chi connectivity index (χ0) is 13.4. The molecule has 94 valence electrons. The molecule has 3 aromatic rings. The van der Waals surface area contributed by atoms with E-state index in [0.29, 0.717) is 21.5 Å². The van der Waals surface area contributed by atoms with Gasteiger partial charge in [-0.2, -0.15) is 0 Å². The highest BCUT2D eigenvalue weighted by atomic mass is 35.5. The Labute approximate surface area is 114 Å². The Morgan fingerprint density at radius 3 is 2.53 bits per heavy atom. The van der Waals surface area contributed by atoms with E-state index in [4.69, 9.17) is 11.6 Å². The first-order chi connectivity index (χ1) is 9.20. The molecule has 19 heavy (non-hydrogen) atoms. The van der Waals surface area contributed by atoms with Crippen LogP contribution in [0.25, 0.3) is 16.6 Å². The number of para-hydroxylation sites is 1. The molecule has 0 aliphatic heterocycles. The Kier molecular flexibility index (Phi) is 2.84. The molecule has 0 bridgehead atoms. The average Bonchev–Trinajstić information content (AvgIpc) is 2.80. The van der Waals surface area contributed by atoms with Crippen molar-refractivity contribution < 1.29 is 9.18 Å². The smallest absolute Gasteiger partial charge is 0.152 e. The van der Waals surface area contributed by atoms with Crippen molar-refractivity contribution >= 4 is 28.8 Å². The van der Waals surface area contributed by atoms with E-state index in [1.807, 2.05) is 0 Å². The van der Waals surface area contributed by atoms with Crippen LogP contribution in [-0.2, 0) is 0 Å². The van der Waals surface area contributed by atoms with Crippen LogP contribution in [0.2, 0.25) is 5.02 Å². The second-order valence-electron chi connectivity index (χ2n) is 4.18. The minimum Gasteiger partial charge on any atom is -0.313 e. The number of aromatic nitrogens is 1. The van der Waals surface area contributed by atoms with Crippen molar-refractivity contribution in [3.8, 4) is 5.69 Å². The lowest BCUT2D eigenvalue weighted by Gasteiger charge is -2.05. The van der Waals surface area contributed by atoms with Crippen molar-refractivity contribution in [1.82, 2.24) is 4.57 Å². The number of benzene rings is 2. The topological polar surface area (TPSA) is 22.0 Å². The van der Waals surface area contributed by atoms with Crippen molar-refractivity contribution in [2.45, 2.75) is 0 Å². The second kappa shape index (κ2) is 4.52. The summed E-state index contributed by atoms with van der Waals surface area (Å²) < 4.78 is 15.7. The first kappa shape index (κ1) is 11.9. The Bertz CT molecular complexity index is 762. The molecule has 0 N–H and O–H groups in total. The van der Waals surface area contributed by atoms with E-state index in [1.165, 1.54) is 6.07 Å². The molecular weight excluding hydrogens is 265 g/mol. The van der Waals surface area contributed by atoms with E-state index in [9.17, 15) is 9.18 Å². The van der Waals surface area contributed by atoms with Gasteiger partial charge in [0.25, 0.3) is 0 Å². The summed E-state index contributed by atoms with van der Waals surface area (Å²) in [6.07, 6.45) is 2.36. The van der Waals surface area contributed by atoms with Gasteiger partial charge in [0.15, 0.2) is 6.29 Å². The van der Waals surface area contributed by atoms with E-state index >= 15 is 0 Å². The summed E-state index contributed by atoms with van der Waals surface area (Å²) in [5.74, 6) is -0.361. The number of carbonyl (C=O) groups excluding carboxylic acids is 1. The predicted octanol–water partition coefficient (Wildman–Crippen LogP) is 4.24. The van der Waals surface area contributed by atoms with E-state index in [2.05, 4.69) is 0 Å². The second-order valence-corrected chi connectivity index (χ2v) is 4.62. The van der Waals surface area contributed by atoms with Crippen molar-refractivity contribution in [2.24, 2.45) is 0 Å². The van der Waals surface area contributed by atoms with Crippen LogP contribution in [-0.4, -0.2) is 10.9 Å². The van der Waals surface area contributed by atoms with E-state index in [0.717, 1.165) is 12.0 Å². The average molecular weight is 274 g/mol. The van der Waals surface area contributed by atoms with Crippen LogP contribution in [0.1, 0.15) is 10.4 Å². The van der Waals surface area contributed by atoms with Crippen LogP contribution in [0.15, 0.2) is 48.7 Å². The van der Waals surface area contributed by atoms with Crippen molar-refractivity contribution in [3.05, 3.63) is 65.1 Å². The lowest BCUT2D eigenvalue weighted by molar-refractivity contribution is 0.112. The van der Waals surface area contributed by atoms with Gasteiger partial charge in [0, 0.05) is 27.9 Å². The van der Waals surface area contributed by atoms with Crippen LogP contribution in [0, 0.1) is 5.82 Å². The van der Waals surface area contributed by atoms with Gasteiger partial charge in [0.2, 0.25) is 0 Å². The molecule has 0 fully saturated rings. The fraction of sp³-hybridized carbons (Fsp3) is 0. The number of nitrogens with zero attached hydrogens (tertiary/aromatic N) is 1. The van der Waals surface area contributed by atoms with Crippen molar-refractivity contribution in [3.63, 3.8) is 0 Å². The first-order valence-corrected chi connectivity index (χ1v) is 6.09. The zero-order valence-corrected chi connectivity index (χ0v) is 10.6. The lowest BCUT2D eigenvalue weighted by Crippen LogP contribution is -1.93. The molecule has 0 aliphatic rings. The number of aldehydes is 1. The van der Waals surface area contributed by atoms with Gasteiger partial charge in [-0.3, -0.25) is 4.79 Å². The summed E-state index contributed by atoms with van der Waals surface area (Å²) >= 11 is 5.84. The van der Waals surface area contributed by atoms with E-state index < -0.39 is 0 Å². The lowest BCUT2D eigenvalue weighted by atomic mass is 10.2. The van der Waals surface area contributed by atoms with Gasteiger partial charge in [-0.25, -0.2) is 4.39 Å². The number of fused-ring (bicyclic) bond motifs is 1. The Hall–Kier alpha value is -2.13. The number of hydrogen-bond acceptors (Lipinski definition) is 1. The monoisotopic (exact) mass is 273 g/mol. The highest BCUT2D eigenvalue weighted by Crippen LogP contribution is 2.26. The molecule has 0 radical (unpaired) electrons. The fourth-order valence-electron chi connectivity index (χ4n) is 2.17. The van der Waals surface area contributed by atoms with Gasteiger partial charge in [-0.05, 0) is 30.3 Å². The quantitative estimate of drug-likeness (QED) is 0.640. The summed E-state index contributed by atoms with van der Waals surface area (Å²) in [7, 11) is 0. The number of carbonyl (C=O) groups is 1. The maximum atomic E-state index is 14.0. The molecular formula is C15H9ClFNO. The highest BCUT2D eigenvalue weighted by molar-refractivity contribution is 6.30. The molecule has 0 unspecified atom stereocenters. The largest absolute Gasteiger partial charge is 0.313 e. The van der Waals surface area contributed by atoms with Crippen LogP contribution in [0.4, 0.5) is 4.39 Å². The van der Waals surface area contributed by atoms with Gasteiger partial charge in [-0.15, -0.1) is 0 Å². The molecule has 0 saturated carbocycles. The van der Waals surface area contributed by atoms with Gasteiger partial charge < -0.3 is 4.57 Å². The van der Waals surface area contributed by atoms with Gasteiger partial charge in [0.05, 0.1) is 5.52 Å². The maximum absolute atomic E-state index is 14.0. The molecule has 4 heteroatoms. The maximum Gasteiger partial charge on any atom is 0.152 e. The molecule has 1 aromatic heterocycles. The van der Waals surface area contributed by atoms with Crippen LogP contribution < -0.4 is 0 Å². The molecule has 0 saturated heterocycles. The Balaban J connectivity index is 2.35. The van der Waals surface area contributed by atoms with E-state index in [1.54, 1.807) is 47.2 Å². The summed E-state index contributed by atoms with van der Waals surface area (Å²) in [4.78, 5) is 11.1. The minimum atomic E-state index is -0.361. The van der Waals surface area contributed by atoms with Crippen LogP contribution in [0.5, 0.6) is 0 Å². The third-order valence-electron chi connectivity index (χ3n) is 3.04. The Morgan fingerprint density at radius 1 is 1.11 bits per heavy atom. The van der Waals surface area contributed by atoms with Crippen molar-refractivity contribution in [1.29, 1.82) is 0 Å². The normalized spacial score (nSPS) is 10.8. The number of hydrogen-bond donors (Lipinski definition) is 0. The van der Waals surface area contributed by atoms with Gasteiger partial charge in [-0.1, -0.05) is 23.7 Å². The van der Waals surface area contributed by atoms with Gasteiger partial charge >= 0.3 is 0 Å². The third-order valence-corrected chi connectivity index (χ3v) is 3.29. The number of halogens is 2. The minimum absolute atomic E-state index is 0.361. The van der Waals surface area contributed by atoms with Crippen molar-refractivity contribution in [2.75, 3.05) is 0 Å². The molecule has 0 amide bonds. The van der Waals surface area contributed by atoms with Crippen LogP contribution in [0.3, 0.4) is 0 Å². The molecule has 2 aromatic carbocycles. The standard InChI is InChI=1S/C15H9ClFNO/c16-11-4-6-12(7-5-11)18-8-10(9-19)13-2-1-3-14(17)15(13)18/h1-9H. The summed E-state index contributed by atoms with van der Waals surface area (Å²) in [5.41, 5.74) is 1.61. The molecule has 0 spiro atoms. The highest BCUT2D eigenvalue weighted by Gasteiger charge is 2.12. The molecule has 0 aliphatic carbocycles. The zero-order valence-electron chi connectivity index (χ0n) is 9.81. The molecule has 3 rings (SSSR count). The SMILES string of the molecule is O=Cc1cn(-c2ccc(Cl)cc2)c2c(F)cccc12. The summed E-state index contributed by atoms with van der Waals surface area (Å²) in [6.45, 7) is 0. The van der Waals surface area contributed by atoms with E-state index in [-0.39, 0.29) is 5.82 Å². The fourth-order valence-corrected chi connectivity index (χ4v) is 2.29. The Morgan fingerprint density at radius 2 is 1.84 bits per heavy atom. The molecule has 2 nitrogen and oxygen atoms in total. The van der Waals surface area contributed by atoms with Crippen LogP contribution >= 0.6 is 11.6 Å². The third kappa shape index (κ3) is 1.92. The first-order valence-electron chi connectivity index (χ1n) is 5.71. The predicted molar refractivity (Wildman–Crippen MR) is 73.6 cm³/mol. The molecule has 1 heterocycles. The molecule has 0 atom stereocenters.